The van der Waals surface area contributed by atoms with E-state index in [1.54, 1.807) is 0 Å². The first kappa shape index (κ1) is 14.6. The molecule has 0 aromatic carbocycles. The summed E-state index contributed by atoms with van der Waals surface area (Å²) in [6.45, 7) is 0. The Morgan fingerprint density at radius 1 is 1.32 bits per heavy atom. The highest BCUT2D eigenvalue weighted by molar-refractivity contribution is 5.42. The molecule has 0 saturated carbocycles. The standard InChI is InChI=1S/C9H9N3O7/c1-18-9(19-2)4-3-7(6-10-13)5-8(9,11(14)15)12(16)17/h3-5H,1-2H3/p+1. The number of allylic oxidation sites excluding steroid dienone is 2. The summed E-state index contributed by atoms with van der Waals surface area (Å²) >= 11 is 0. The van der Waals surface area contributed by atoms with Gasteiger partial charge >= 0.3 is 17.5 Å². The van der Waals surface area contributed by atoms with Gasteiger partial charge in [-0.2, -0.15) is 5.21 Å². The molecule has 0 unspecified atom stereocenters. The third-order valence-corrected chi connectivity index (χ3v) is 2.69. The van der Waals surface area contributed by atoms with E-state index in [0.29, 0.717) is 6.08 Å². The fourth-order valence-corrected chi connectivity index (χ4v) is 1.76. The number of ether oxygens (including phenoxy) is 2. The summed E-state index contributed by atoms with van der Waals surface area (Å²) in [6, 6.07) is 1.97. The zero-order valence-electron chi connectivity index (χ0n) is 9.97. The molecule has 0 heterocycles. The van der Waals surface area contributed by atoms with Gasteiger partial charge in [-0.1, -0.05) is 0 Å². The van der Waals surface area contributed by atoms with Gasteiger partial charge in [-0.3, -0.25) is 20.2 Å². The number of rotatable bonds is 4. The van der Waals surface area contributed by atoms with Crippen LogP contribution in [0, 0.1) is 26.3 Å². The second-order valence-corrected chi connectivity index (χ2v) is 3.46. The second kappa shape index (κ2) is 5.01. The van der Waals surface area contributed by atoms with Crippen molar-refractivity contribution in [1.29, 1.82) is 0 Å². The smallest absolute Gasteiger partial charge is 0.338 e. The van der Waals surface area contributed by atoms with E-state index in [0.717, 1.165) is 20.3 Å². The molecule has 0 aliphatic heterocycles. The van der Waals surface area contributed by atoms with Crippen molar-refractivity contribution in [3.05, 3.63) is 49.0 Å². The van der Waals surface area contributed by atoms with Crippen LogP contribution in [-0.2, 0) is 9.47 Å². The highest BCUT2D eigenvalue weighted by atomic mass is 16.7. The van der Waals surface area contributed by atoms with Gasteiger partial charge in [-0.05, 0) is 12.2 Å². The molecule has 102 valence electrons. The summed E-state index contributed by atoms with van der Waals surface area (Å²) < 4.78 is 9.67. The van der Waals surface area contributed by atoms with Crippen LogP contribution in [-0.4, -0.2) is 40.7 Å². The first-order valence-corrected chi connectivity index (χ1v) is 4.81. The SMILES string of the molecule is COC1(OC)C=CC(C#[N+]O)=CC1([N+](=O)[O-])[N+](=O)[O-]. The lowest BCUT2D eigenvalue weighted by molar-refractivity contribution is -0.808. The Balaban J connectivity index is 3.62. The van der Waals surface area contributed by atoms with Gasteiger partial charge in [-0.25, -0.2) is 0 Å². The molecule has 0 radical (unpaired) electrons. The molecule has 1 N–H and O–H groups in total. The third-order valence-electron chi connectivity index (χ3n) is 2.69. The minimum absolute atomic E-state index is 0.152. The van der Waals surface area contributed by atoms with Gasteiger partial charge < -0.3 is 9.47 Å². The van der Waals surface area contributed by atoms with E-state index in [1.165, 1.54) is 6.08 Å². The molecule has 1 aliphatic carbocycles. The van der Waals surface area contributed by atoms with Crippen molar-refractivity contribution in [2.75, 3.05) is 14.2 Å². The highest BCUT2D eigenvalue weighted by Crippen LogP contribution is 2.37. The van der Waals surface area contributed by atoms with E-state index < -0.39 is 21.3 Å². The lowest BCUT2D eigenvalue weighted by atomic mass is 9.91. The molecule has 10 heteroatoms. The summed E-state index contributed by atoms with van der Waals surface area (Å²) in [6.07, 6.45) is 2.82. The minimum atomic E-state index is -2.92. The van der Waals surface area contributed by atoms with Crippen LogP contribution in [0.1, 0.15) is 0 Å². The molecule has 0 atom stereocenters. The van der Waals surface area contributed by atoms with Crippen LogP contribution in [0.3, 0.4) is 0 Å². The summed E-state index contributed by atoms with van der Waals surface area (Å²) in [4.78, 5) is 20.1. The Labute approximate surface area is 106 Å². The van der Waals surface area contributed by atoms with Crippen molar-refractivity contribution in [3.8, 4) is 6.07 Å². The molecule has 0 aromatic rings. The first-order valence-electron chi connectivity index (χ1n) is 4.81. The second-order valence-electron chi connectivity index (χ2n) is 3.46. The molecule has 1 aliphatic rings. The van der Waals surface area contributed by atoms with Crippen molar-refractivity contribution >= 4 is 0 Å². The van der Waals surface area contributed by atoms with E-state index in [9.17, 15) is 20.2 Å². The van der Waals surface area contributed by atoms with E-state index in [-0.39, 0.29) is 5.57 Å². The van der Waals surface area contributed by atoms with Gasteiger partial charge in [0.2, 0.25) is 5.01 Å². The third kappa shape index (κ3) is 1.90. The van der Waals surface area contributed by atoms with Crippen LogP contribution in [0.2, 0.25) is 0 Å². The van der Waals surface area contributed by atoms with Crippen LogP contribution in [0.4, 0.5) is 0 Å². The van der Waals surface area contributed by atoms with E-state index in [2.05, 4.69) is 5.01 Å². The number of nitrogens with zero attached hydrogens (tertiary/aromatic N) is 3. The minimum Gasteiger partial charge on any atom is -0.338 e. The summed E-state index contributed by atoms with van der Waals surface area (Å²) in [5.41, 5.74) is -3.07. The van der Waals surface area contributed by atoms with E-state index >= 15 is 0 Å². The van der Waals surface area contributed by atoms with Gasteiger partial charge in [0.25, 0.3) is 0 Å². The quantitative estimate of drug-likeness (QED) is 0.446. The first-order chi connectivity index (χ1) is 8.90. The molecule has 0 bridgehead atoms. The number of nitro groups is 2. The van der Waals surface area contributed by atoms with Gasteiger partial charge in [0.15, 0.2) is 0 Å². The van der Waals surface area contributed by atoms with Crippen LogP contribution < -0.4 is 0 Å². The molecule has 19 heavy (non-hydrogen) atoms. The Morgan fingerprint density at radius 2 is 1.84 bits per heavy atom. The zero-order chi connectivity index (χ0) is 14.7. The fraction of sp³-hybridized carbons (Fsp3) is 0.444. The molecular formula is C9H10N3O7+. The molecule has 0 aromatic heterocycles. The van der Waals surface area contributed by atoms with Crippen LogP contribution >= 0.6 is 0 Å². The van der Waals surface area contributed by atoms with Gasteiger partial charge in [0.1, 0.15) is 15.4 Å². The van der Waals surface area contributed by atoms with Crippen LogP contribution in [0.15, 0.2) is 23.8 Å². The maximum Gasteiger partial charge on any atom is 0.535 e. The topological polar surface area (TPSA) is 129 Å². The number of methoxy groups -OCH3 is 2. The predicted molar refractivity (Wildman–Crippen MR) is 59.7 cm³/mol. The molecule has 0 spiro atoms. The highest BCUT2D eigenvalue weighted by Gasteiger charge is 2.74. The van der Waals surface area contributed by atoms with E-state index in [4.69, 9.17) is 14.7 Å². The Bertz CT molecular complexity index is 510. The van der Waals surface area contributed by atoms with Gasteiger partial charge in [0, 0.05) is 14.2 Å². The number of hydrogen-bond donors (Lipinski definition) is 1. The molecule has 1 rings (SSSR count). The fourth-order valence-electron chi connectivity index (χ4n) is 1.76. The lowest BCUT2D eigenvalue weighted by Crippen LogP contribution is -2.65. The maximum atomic E-state index is 11.2. The van der Waals surface area contributed by atoms with Crippen molar-refractivity contribution in [3.63, 3.8) is 0 Å². The summed E-state index contributed by atoms with van der Waals surface area (Å²) in [7, 11) is 2.08. The Hall–Kier alpha value is -2.51. The summed E-state index contributed by atoms with van der Waals surface area (Å²) in [5.74, 6) is -2.22. The Kier molecular flexibility index (Phi) is 3.83. The molecule has 0 amide bonds. The average Bonchev–Trinajstić information content (AvgIpc) is 2.38. The maximum absolute atomic E-state index is 11.2. The number of hydrogen-bond acceptors (Lipinski definition) is 7. The molecule has 10 nitrogen and oxygen atoms in total. The van der Waals surface area contributed by atoms with Crippen molar-refractivity contribution < 1.29 is 24.5 Å². The van der Waals surface area contributed by atoms with E-state index in [1.807, 2.05) is 6.07 Å². The monoisotopic (exact) mass is 272 g/mol. The lowest BCUT2D eigenvalue weighted by Gasteiger charge is -2.32. The van der Waals surface area contributed by atoms with Gasteiger partial charge in [0.05, 0.1) is 6.08 Å². The molecule has 0 fully saturated rings. The van der Waals surface area contributed by atoms with Crippen LogP contribution in [0.5, 0.6) is 0 Å². The molecular weight excluding hydrogens is 262 g/mol. The normalized spacial score (nSPS) is 18.9. The average molecular weight is 272 g/mol. The van der Waals surface area contributed by atoms with Crippen LogP contribution in [0.25, 0.3) is 5.01 Å². The van der Waals surface area contributed by atoms with Crippen molar-refractivity contribution in [1.82, 2.24) is 0 Å². The molecule has 0 saturated heterocycles. The van der Waals surface area contributed by atoms with Gasteiger partial charge in [-0.15, -0.1) is 0 Å². The zero-order valence-corrected chi connectivity index (χ0v) is 9.97. The Morgan fingerprint density at radius 3 is 2.21 bits per heavy atom. The van der Waals surface area contributed by atoms with Crippen molar-refractivity contribution in [2.24, 2.45) is 0 Å². The summed E-state index contributed by atoms with van der Waals surface area (Å²) in [5, 5.41) is 33.3. The largest absolute Gasteiger partial charge is 0.535 e. The predicted octanol–water partition coefficient (Wildman–Crippen LogP) is 0.443. The van der Waals surface area contributed by atoms with Crippen molar-refractivity contribution in [2.45, 2.75) is 11.4 Å².